The van der Waals surface area contributed by atoms with Crippen LogP contribution in [0, 0.1) is 0 Å². The van der Waals surface area contributed by atoms with Crippen molar-refractivity contribution in [1.29, 1.82) is 0 Å². The molecule has 1 N–H and O–H groups in total. The zero-order valence-corrected chi connectivity index (χ0v) is 9.33. The molecule has 0 radical (unpaired) electrons. The lowest BCUT2D eigenvalue weighted by Gasteiger charge is -2.05. The van der Waals surface area contributed by atoms with Gasteiger partial charge in [0.1, 0.15) is 0 Å². The van der Waals surface area contributed by atoms with E-state index in [2.05, 4.69) is 21.2 Å². The second-order valence-corrected chi connectivity index (χ2v) is 5.06. The maximum Gasteiger partial charge on any atom is 0.252 e. The molecule has 0 unspecified atom stereocenters. The summed E-state index contributed by atoms with van der Waals surface area (Å²) in [4.78, 5) is 11.3. The van der Waals surface area contributed by atoms with E-state index >= 15 is 0 Å². The third kappa shape index (κ3) is 2.60. The van der Waals surface area contributed by atoms with Gasteiger partial charge in [0, 0.05) is 11.4 Å². The Bertz CT molecular complexity index is 282. The molecule has 0 spiro atoms. The molecule has 0 aliphatic heterocycles. The first-order chi connectivity index (χ1) is 5.59. The van der Waals surface area contributed by atoms with Gasteiger partial charge in [0.05, 0.1) is 9.35 Å². The summed E-state index contributed by atoms with van der Waals surface area (Å²) in [6, 6.07) is 2.01. The molecule has 12 heavy (non-hydrogen) atoms. The topological polar surface area (TPSA) is 29.1 Å². The maximum absolute atomic E-state index is 11.3. The molecular weight excluding hydrogens is 238 g/mol. The van der Waals surface area contributed by atoms with E-state index in [0.717, 1.165) is 9.35 Å². The van der Waals surface area contributed by atoms with Gasteiger partial charge in [-0.25, -0.2) is 0 Å². The van der Waals surface area contributed by atoms with Crippen LogP contribution in [0.3, 0.4) is 0 Å². The molecule has 2 nitrogen and oxygen atoms in total. The van der Waals surface area contributed by atoms with Gasteiger partial charge in [0.15, 0.2) is 0 Å². The van der Waals surface area contributed by atoms with Crippen LogP contribution in [0.15, 0.2) is 15.2 Å². The highest BCUT2D eigenvalue weighted by molar-refractivity contribution is 9.11. The molecule has 0 aliphatic rings. The lowest BCUT2D eigenvalue weighted by atomic mass is 10.3. The molecule has 4 heteroatoms. The Hall–Kier alpha value is -0.350. The Morgan fingerprint density at radius 2 is 2.33 bits per heavy atom. The van der Waals surface area contributed by atoms with Crippen LogP contribution in [-0.2, 0) is 0 Å². The summed E-state index contributed by atoms with van der Waals surface area (Å²) < 4.78 is 0.983. The van der Waals surface area contributed by atoms with Crippen LogP contribution >= 0.6 is 27.3 Å². The number of nitrogens with one attached hydrogen (secondary N) is 1. The first-order valence-electron chi connectivity index (χ1n) is 3.64. The van der Waals surface area contributed by atoms with E-state index < -0.39 is 0 Å². The summed E-state index contributed by atoms with van der Waals surface area (Å²) in [5, 5.41) is 4.65. The standard InChI is InChI=1S/C8H10BrNOS/c1-5(2)10-8(11)6-3-7(9)12-4-6/h3-5H,1-2H3,(H,10,11). The Kier molecular flexibility index (Phi) is 3.29. The number of rotatable bonds is 2. The van der Waals surface area contributed by atoms with Gasteiger partial charge >= 0.3 is 0 Å². The number of thiophene rings is 1. The first-order valence-corrected chi connectivity index (χ1v) is 5.31. The fourth-order valence-electron chi connectivity index (χ4n) is 0.775. The molecule has 0 bridgehead atoms. The third-order valence-electron chi connectivity index (χ3n) is 1.25. The molecule has 1 aromatic heterocycles. The van der Waals surface area contributed by atoms with Gasteiger partial charge in [-0.1, -0.05) is 0 Å². The number of hydrogen-bond acceptors (Lipinski definition) is 2. The molecule has 0 saturated heterocycles. The van der Waals surface area contributed by atoms with Crippen molar-refractivity contribution in [3.63, 3.8) is 0 Å². The Labute approximate surface area is 84.1 Å². The van der Waals surface area contributed by atoms with Gasteiger partial charge < -0.3 is 5.32 Å². The molecule has 66 valence electrons. The summed E-state index contributed by atoms with van der Waals surface area (Å²) in [6.07, 6.45) is 0. The van der Waals surface area contributed by atoms with Crippen LogP contribution < -0.4 is 5.32 Å². The summed E-state index contributed by atoms with van der Waals surface area (Å²) in [5.41, 5.74) is 0.723. The molecule has 0 saturated carbocycles. The first kappa shape index (κ1) is 9.74. The maximum atomic E-state index is 11.3. The van der Waals surface area contributed by atoms with Gasteiger partial charge in [0.2, 0.25) is 0 Å². The second-order valence-electron chi connectivity index (χ2n) is 2.77. The normalized spacial score (nSPS) is 10.3. The van der Waals surface area contributed by atoms with Crippen LogP contribution in [0.1, 0.15) is 24.2 Å². The van der Waals surface area contributed by atoms with Crippen molar-refractivity contribution in [2.45, 2.75) is 19.9 Å². The molecule has 1 amide bonds. The lowest BCUT2D eigenvalue weighted by molar-refractivity contribution is 0.0943. The van der Waals surface area contributed by atoms with Crippen LogP contribution in [0.4, 0.5) is 0 Å². The predicted molar refractivity (Wildman–Crippen MR) is 54.6 cm³/mol. The van der Waals surface area contributed by atoms with Crippen LogP contribution in [0.25, 0.3) is 0 Å². The van der Waals surface area contributed by atoms with Crippen molar-refractivity contribution in [2.24, 2.45) is 0 Å². The van der Waals surface area contributed by atoms with E-state index in [1.165, 1.54) is 11.3 Å². The number of halogens is 1. The third-order valence-corrected chi connectivity index (χ3v) is 2.75. The van der Waals surface area contributed by atoms with Gasteiger partial charge in [-0.3, -0.25) is 4.79 Å². The van der Waals surface area contributed by atoms with E-state index in [9.17, 15) is 4.79 Å². The molecule has 1 aromatic rings. The molecule has 1 rings (SSSR count). The van der Waals surface area contributed by atoms with Gasteiger partial charge in [0.25, 0.3) is 5.91 Å². The fourth-order valence-corrected chi connectivity index (χ4v) is 1.91. The van der Waals surface area contributed by atoms with E-state index in [1.54, 1.807) is 0 Å². The van der Waals surface area contributed by atoms with E-state index in [4.69, 9.17) is 0 Å². The molecule has 0 atom stereocenters. The Balaban J connectivity index is 2.65. The number of hydrogen-bond donors (Lipinski definition) is 1. The summed E-state index contributed by atoms with van der Waals surface area (Å²) in [5.74, 6) is -0.00745. The zero-order valence-electron chi connectivity index (χ0n) is 6.93. The van der Waals surface area contributed by atoms with Gasteiger partial charge in [-0.2, -0.15) is 0 Å². The highest BCUT2D eigenvalue weighted by Crippen LogP contribution is 2.20. The van der Waals surface area contributed by atoms with Crippen molar-refractivity contribution in [2.75, 3.05) is 0 Å². The van der Waals surface area contributed by atoms with Crippen molar-refractivity contribution in [3.05, 3.63) is 20.8 Å². The summed E-state index contributed by atoms with van der Waals surface area (Å²) in [7, 11) is 0. The fraction of sp³-hybridized carbons (Fsp3) is 0.375. The van der Waals surface area contributed by atoms with Crippen molar-refractivity contribution in [1.82, 2.24) is 5.32 Å². The monoisotopic (exact) mass is 247 g/mol. The lowest BCUT2D eigenvalue weighted by Crippen LogP contribution is -2.29. The minimum Gasteiger partial charge on any atom is -0.350 e. The Morgan fingerprint density at radius 1 is 1.67 bits per heavy atom. The smallest absolute Gasteiger partial charge is 0.252 e. The number of carbonyl (C=O) groups is 1. The number of carbonyl (C=O) groups excluding carboxylic acids is 1. The minimum atomic E-state index is -0.00745. The van der Waals surface area contributed by atoms with E-state index in [0.29, 0.717) is 0 Å². The predicted octanol–water partition coefficient (Wildman–Crippen LogP) is 2.65. The average Bonchev–Trinajstić information content (AvgIpc) is 2.34. The molecule has 0 fully saturated rings. The van der Waals surface area contributed by atoms with Gasteiger partial charge in [-0.05, 0) is 35.8 Å². The minimum absolute atomic E-state index is 0.00745. The van der Waals surface area contributed by atoms with Crippen molar-refractivity contribution < 1.29 is 4.79 Å². The van der Waals surface area contributed by atoms with Crippen LogP contribution in [0.5, 0.6) is 0 Å². The zero-order chi connectivity index (χ0) is 9.14. The largest absolute Gasteiger partial charge is 0.350 e. The highest BCUT2D eigenvalue weighted by Gasteiger charge is 2.07. The SMILES string of the molecule is CC(C)NC(=O)c1csc(Br)c1. The van der Waals surface area contributed by atoms with Crippen LogP contribution in [-0.4, -0.2) is 11.9 Å². The highest BCUT2D eigenvalue weighted by atomic mass is 79.9. The van der Waals surface area contributed by atoms with Crippen molar-refractivity contribution in [3.8, 4) is 0 Å². The molecule has 1 heterocycles. The molecule has 0 aliphatic carbocycles. The molecule has 0 aromatic carbocycles. The van der Waals surface area contributed by atoms with Gasteiger partial charge in [-0.15, -0.1) is 11.3 Å². The quantitative estimate of drug-likeness (QED) is 0.856. The van der Waals surface area contributed by atoms with E-state index in [1.807, 2.05) is 25.3 Å². The average molecular weight is 248 g/mol. The summed E-state index contributed by atoms with van der Waals surface area (Å²) in [6.45, 7) is 3.89. The second kappa shape index (κ2) is 4.05. The van der Waals surface area contributed by atoms with Crippen molar-refractivity contribution >= 4 is 33.2 Å². The summed E-state index contributed by atoms with van der Waals surface area (Å²) >= 11 is 4.82. The van der Waals surface area contributed by atoms with Crippen LogP contribution in [0.2, 0.25) is 0 Å². The molecular formula is C8H10BrNOS. The van der Waals surface area contributed by atoms with E-state index in [-0.39, 0.29) is 11.9 Å². The number of amides is 1. The Morgan fingerprint density at radius 3 is 2.75 bits per heavy atom.